The lowest BCUT2D eigenvalue weighted by Gasteiger charge is -2.21. The molecule has 0 aromatic heterocycles. The third kappa shape index (κ3) is 74.3. The van der Waals surface area contributed by atoms with Crippen molar-refractivity contribution in [1.82, 2.24) is 0 Å². The molecule has 0 aromatic rings. The van der Waals surface area contributed by atoms with E-state index >= 15 is 0 Å². The number of phosphoric ester groups is 2. The number of rotatable bonds is 76. The van der Waals surface area contributed by atoms with E-state index in [1.807, 2.05) is 12.2 Å². The topological polar surface area (TPSA) is 237 Å². The van der Waals surface area contributed by atoms with Crippen molar-refractivity contribution in [1.29, 1.82) is 0 Å². The molecule has 102 heavy (non-hydrogen) atoms. The van der Waals surface area contributed by atoms with Gasteiger partial charge in [0.15, 0.2) is 12.2 Å². The van der Waals surface area contributed by atoms with Gasteiger partial charge in [0.2, 0.25) is 0 Å². The van der Waals surface area contributed by atoms with Crippen LogP contribution in [0.25, 0.3) is 0 Å². The normalized spacial score (nSPS) is 14.4. The minimum atomic E-state index is -4.99. The lowest BCUT2D eigenvalue weighted by Crippen LogP contribution is -2.30. The molecule has 0 spiro atoms. The number of esters is 4. The summed E-state index contributed by atoms with van der Waals surface area (Å²) in [6.07, 6.45) is 79.6. The second-order valence-corrected chi connectivity index (χ2v) is 29.9. The molecule has 0 aliphatic carbocycles. The third-order valence-corrected chi connectivity index (χ3v) is 18.9. The summed E-state index contributed by atoms with van der Waals surface area (Å²) in [7, 11) is -9.98. The highest BCUT2D eigenvalue weighted by Gasteiger charge is 2.30. The summed E-state index contributed by atoms with van der Waals surface area (Å²) in [6.45, 7) is 4.76. The summed E-state index contributed by atoms with van der Waals surface area (Å²) < 4.78 is 68.5. The predicted octanol–water partition coefficient (Wildman–Crippen LogP) is 23.6. The summed E-state index contributed by atoms with van der Waals surface area (Å²) in [6, 6.07) is 0. The highest BCUT2D eigenvalue weighted by molar-refractivity contribution is 7.47. The number of aliphatic hydroxyl groups excluding tert-OH is 1. The van der Waals surface area contributed by atoms with Crippen LogP contribution in [0.4, 0.5) is 0 Å². The van der Waals surface area contributed by atoms with Gasteiger partial charge in [0, 0.05) is 25.7 Å². The molecule has 0 bridgehead atoms. The molecule has 0 fully saturated rings. The molecule has 0 saturated carbocycles. The van der Waals surface area contributed by atoms with E-state index in [1.54, 1.807) is 0 Å². The summed E-state index contributed by atoms with van der Waals surface area (Å²) >= 11 is 0. The van der Waals surface area contributed by atoms with E-state index in [9.17, 15) is 43.2 Å². The van der Waals surface area contributed by atoms with Gasteiger partial charge in [-0.1, -0.05) is 279 Å². The number of hydrogen-bond acceptors (Lipinski definition) is 15. The highest BCUT2D eigenvalue weighted by atomic mass is 31.2. The Bertz CT molecular complexity index is 2310. The largest absolute Gasteiger partial charge is 0.472 e. The maximum Gasteiger partial charge on any atom is 0.472 e. The summed E-state index contributed by atoms with van der Waals surface area (Å²) in [5.74, 6) is -2.26. The number of allylic oxidation sites excluding steroid dienone is 16. The number of phosphoric acid groups is 2. The first-order valence-electron chi connectivity index (χ1n) is 40.5. The van der Waals surface area contributed by atoms with Crippen LogP contribution in [0, 0.1) is 0 Å². The summed E-state index contributed by atoms with van der Waals surface area (Å²) in [5, 5.41) is 10.6. The molecule has 17 nitrogen and oxygen atoms in total. The lowest BCUT2D eigenvalue weighted by atomic mass is 10.1. The lowest BCUT2D eigenvalue weighted by molar-refractivity contribution is -0.161. The SMILES string of the molecule is CCCCC/C=C\C/C=C\C/C=C\C/C=C\CCCC(=O)O[C@H](COC(=O)CCCCCCC/C=C\CCCCCCCC)COP(=O)(O)OC[C@H](O)COP(=O)(O)OC[C@@H](COC(=O)CCCCCCC/C=C\C=C/CCCCCC)OC(=O)CCCCCCC/C=C\CCCCCCCC. The van der Waals surface area contributed by atoms with Crippen LogP contribution in [-0.4, -0.2) is 96.7 Å². The van der Waals surface area contributed by atoms with Crippen molar-refractivity contribution in [3.05, 3.63) is 97.2 Å². The average Bonchev–Trinajstić information content (AvgIpc) is 0.917. The minimum absolute atomic E-state index is 0.0177. The molecule has 0 heterocycles. The van der Waals surface area contributed by atoms with Crippen LogP contribution in [0.1, 0.15) is 349 Å². The van der Waals surface area contributed by atoms with Crippen molar-refractivity contribution in [2.75, 3.05) is 39.6 Å². The molecule has 0 saturated heterocycles. The quantitative estimate of drug-likeness (QED) is 0.0128. The van der Waals surface area contributed by atoms with Crippen LogP contribution in [0.2, 0.25) is 0 Å². The van der Waals surface area contributed by atoms with Crippen molar-refractivity contribution in [2.45, 2.75) is 367 Å². The van der Waals surface area contributed by atoms with Crippen LogP contribution in [-0.2, 0) is 65.4 Å². The Kier molecular flexibility index (Phi) is 72.3. The van der Waals surface area contributed by atoms with Gasteiger partial charge in [-0.2, -0.15) is 0 Å². The van der Waals surface area contributed by atoms with Gasteiger partial charge < -0.3 is 33.8 Å². The van der Waals surface area contributed by atoms with E-state index in [0.717, 1.165) is 141 Å². The van der Waals surface area contributed by atoms with Gasteiger partial charge in [-0.25, -0.2) is 9.13 Å². The molecule has 3 N–H and O–H groups in total. The fourth-order valence-corrected chi connectivity index (χ4v) is 12.4. The Morgan fingerprint density at radius 1 is 0.284 bits per heavy atom. The van der Waals surface area contributed by atoms with Crippen LogP contribution in [0.15, 0.2) is 97.2 Å². The van der Waals surface area contributed by atoms with Crippen molar-refractivity contribution >= 4 is 39.5 Å². The molecule has 0 aliphatic heterocycles. The predicted molar refractivity (Wildman–Crippen MR) is 418 cm³/mol. The maximum atomic E-state index is 13.1. The molecular weight excluding hydrogens is 1330 g/mol. The Balaban J connectivity index is 5.43. The van der Waals surface area contributed by atoms with Gasteiger partial charge in [0.1, 0.15) is 19.3 Å². The smallest absolute Gasteiger partial charge is 0.462 e. The van der Waals surface area contributed by atoms with Crippen molar-refractivity contribution in [3.8, 4) is 0 Å². The fourth-order valence-electron chi connectivity index (χ4n) is 10.8. The number of carbonyl (C=O) groups is 4. The first-order valence-corrected chi connectivity index (χ1v) is 43.5. The second kappa shape index (κ2) is 75.2. The molecule has 5 atom stereocenters. The Labute approximate surface area is 620 Å². The van der Waals surface area contributed by atoms with Gasteiger partial charge in [0.05, 0.1) is 26.4 Å². The van der Waals surface area contributed by atoms with Crippen LogP contribution in [0.5, 0.6) is 0 Å². The van der Waals surface area contributed by atoms with Crippen molar-refractivity contribution in [3.63, 3.8) is 0 Å². The van der Waals surface area contributed by atoms with Crippen LogP contribution < -0.4 is 0 Å². The van der Waals surface area contributed by atoms with Crippen LogP contribution >= 0.6 is 15.6 Å². The third-order valence-electron chi connectivity index (χ3n) is 17.0. The van der Waals surface area contributed by atoms with Gasteiger partial charge in [0.25, 0.3) is 0 Å². The standard InChI is InChI=1S/C83H146O17P2/c1-5-9-13-17-21-25-29-33-37-38-42-46-50-54-58-62-66-70-83(88)100-79(74-94-81(86)68-64-60-56-52-48-44-40-35-31-27-23-19-15-11-7-3)76-98-102(91,92)96-72-77(84)71-95-101(89,90)97-75-78(99-82(87)69-65-61-57-53-49-45-41-36-32-28-24-20-16-12-8-4)73-93-80(85)67-63-59-55-51-47-43-39-34-30-26-22-18-14-10-6-2/h21,25-26,30,33-37,39-42,46,54,58,77-79,84H,5-20,22-24,27-29,31-32,38,43-45,47-53,55-57,59-76H2,1-4H3,(H,89,90)(H,91,92)/b25-21-,30-26-,37-33-,39-34-,40-35-,41-36-,46-42-,58-54-/t77-,78-,79-/m1/s1. The first kappa shape index (κ1) is 98.0. The van der Waals surface area contributed by atoms with Crippen molar-refractivity contribution in [2.24, 2.45) is 0 Å². The molecular formula is C83H146O17P2. The molecule has 19 heteroatoms. The molecule has 0 rings (SSSR count). The van der Waals surface area contributed by atoms with E-state index in [-0.39, 0.29) is 25.7 Å². The van der Waals surface area contributed by atoms with Gasteiger partial charge >= 0.3 is 39.5 Å². The van der Waals surface area contributed by atoms with E-state index < -0.39 is 97.5 Å². The number of ether oxygens (including phenoxy) is 4. The number of carbonyl (C=O) groups excluding carboxylic acids is 4. The molecule has 590 valence electrons. The molecule has 0 aliphatic rings. The van der Waals surface area contributed by atoms with Crippen molar-refractivity contribution < 1.29 is 80.2 Å². The zero-order valence-corrected chi connectivity index (χ0v) is 66.3. The van der Waals surface area contributed by atoms with Gasteiger partial charge in [-0.3, -0.25) is 37.3 Å². The number of unbranched alkanes of at least 4 members (excludes halogenated alkanes) is 35. The number of hydrogen-bond donors (Lipinski definition) is 3. The summed E-state index contributed by atoms with van der Waals surface area (Å²) in [4.78, 5) is 73.0. The first-order chi connectivity index (χ1) is 49.7. The summed E-state index contributed by atoms with van der Waals surface area (Å²) in [5.41, 5.74) is 0. The van der Waals surface area contributed by atoms with Gasteiger partial charge in [-0.15, -0.1) is 0 Å². The molecule has 2 unspecified atom stereocenters. The fraction of sp³-hybridized carbons (Fsp3) is 0.759. The zero-order chi connectivity index (χ0) is 74.6. The second-order valence-electron chi connectivity index (χ2n) is 27.0. The average molecular weight is 1480 g/mol. The van der Waals surface area contributed by atoms with Crippen LogP contribution in [0.3, 0.4) is 0 Å². The van der Waals surface area contributed by atoms with Gasteiger partial charge in [-0.05, 0) is 141 Å². The monoisotopic (exact) mass is 1480 g/mol. The zero-order valence-electron chi connectivity index (χ0n) is 64.5. The molecule has 0 aromatic carbocycles. The Morgan fingerprint density at radius 3 is 0.873 bits per heavy atom. The highest BCUT2D eigenvalue weighted by Crippen LogP contribution is 2.45. The molecule has 0 amide bonds. The van der Waals surface area contributed by atoms with E-state index in [2.05, 4.69) is 113 Å². The van der Waals surface area contributed by atoms with E-state index in [4.69, 9.17) is 37.0 Å². The maximum absolute atomic E-state index is 13.1. The minimum Gasteiger partial charge on any atom is -0.462 e. The Morgan fingerprint density at radius 2 is 0.520 bits per heavy atom. The Hall–Kier alpha value is -4.02. The van der Waals surface area contributed by atoms with E-state index in [1.165, 1.54) is 122 Å². The molecule has 0 radical (unpaired) electrons. The number of aliphatic hydroxyl groups is 1. The van der Waals surface area contributed by atoms with E-state index in [0.29, 0.717) is 32.1 Å².